The molecule has 0 bridgehead atoms. The lowest BCUT2D eigenvalue weighted by Gasteiger charge is -2.15. The predicted octanol–water partition coefficient (Wildman–Crippen LogP) is 3.92. The number of rotatable bonds is 4. The van der Waals surface area contributed by atoms with Crippen LogP contribution in [0.5, 0.6) is 5.75 Å². The van der Waals surface area contributed by atoms with Crippen molar-refractivity contribution in [1.82, 2.24) is 10.1 Å². The molecule has 7 heteroatoms. The highest BCUT2D eigenvalue weighted by atomic mass is 35.5. The van der Waals surface area contributed by atoms with Gasteiger partial charge in [-0.2, -0.15) is 4.98 Å². The van der Waals surface area contributed by atoms with E-state index in [4.69, 9.17) is 20.9 Å². The Morgan fingerprint density at radius 1 is 1.15 bits per heavy atom. The molecule has 26 heavy (non-hydrogen) atoms. The van der Waals surface area contributed by atoms with E-state index >= 15 is 0 Å². The van der Waals surface area contributed by atoms with Gasteiger partial charge in [-0.25, -0.2) is 0 Å². The van der Waals surface area contributed by atoms with E-state index in [9.17, 15) is 4.79 Å². The van der Waals surface area contributed by atoms with E-state index < -0.39 is 0 Å². The highest BCUT2D eigenvalue weighted by molar-refractivity contribution is 6.30. The van der Waals surface area contributed by atoms with Crippen molar-refractivity contribution in [3.8, 4) is 17.1 Å². The molecule has 0 radical (unpaired) electrons. The molecule has 0 saturated carbocycles. The van der Waals surface area contributed by atoms with Gasteiger partial charge in [-0.3, -0.25) is 4.79 Å². The maximum absolute atomic E-state index is 12.4. The van der Waals surface area contributed by atoms with Gasteiger partial charge in [0.15, 0.2) is 0 Å². The van der Waals surface area contributed by atoms with Gasteiger partial charge in [-0.15, -0.1) is 0 Å². The van der Waals surface area contributed by atoms with Crippen LogP contribution in [0.15, 0.2) is 53.1 Å². The van der Waals surface area contributed by atoms with Crippen molar-refractivity contribution < 1.29 is 14.1 Å². The number of benzene rings is 2. The number of carbonyl (C=O) groups excluding carboxylic acids is 1. The van der Waals surface area contributed by atoms with Gasteiger partial charge < -0.3 is 14.2 Å². The van der Waals surface area contributed by atoms with Crippen LogP contribution in [-0.4, -0.2) is 29.7 Å². The number of carbonyl (C=O) groups is 1. The lowest BCUT2D eigenvalue weighted by Crippen LogP contribution is -2.24. The van der Waals surface area contributed by atoms with Crippen molar-refractivity contribution in [3.05, 3.63) is 59.4 Å². The maximum atomic E-state index is 12.4. The second-order valence-electron chi connectivity index (χ2n) is 6.07. The SMILES string of the molecule is COc1ccc(-c2noc([C@H]3CC(=O)N(c4ccc(Cl)cc4)C3)n2)cc1. The standard InChI is InChI=1S/C19H16ClN3O3/c1-25-16-8-2-12(3-9-16)18-21-19(26-22-18)13-10-17(24)23(11-13)15-6-4-14(20)5-7-15/h2-9,13H,10-11H2,1H3/t13-/m0/s1. The molecule has 2 aromatic carbocycles. The number of halogens is 1. The zero-order chi connectivity index (χ0) is 18.1. The summed E-state index contributed by atoms with van der Waals surface area (Å²) in [4.78, 5) is 18.6. The topological polar surface area (TPSA) is 68.5 Å². The van der Waals surface area contributed by atoms with Crippen LogP contribution in [0.1, 0.15) is 18.2 Å². The molecule has 1 atom stereocenters. The van der Waals surface area contributed by atoms with E-state index in [0.717, 1.165) is 17.0 Å². The number of aromatic nitrogens is 2. The van der Waals surface area contributed by atoms with Gasteiger partial charge in [0.05, 0.1) is 13.0 Å². The van der Waals surface area contributed by atoms with Gasteiger partial charge in [-0.05, 0) is 48.5 Å². The molecule has 132 valence electrons. The molecule has 1 fully saturated rings. The second-order valence-corrected chi connectivity index (χ2v) is 6.50. The molecule has 1 aliphatic rings. The second kappa shape index (κ2) is 6.80. The molecular weight excluding hydrogens is 354 g/mol. The van der Waals surface area contributed by atoms with Crippen molar-refractivity contribution >= 4 is 23.2 Å². The third-order valence-corrected chi connectivity index (χ3v) is 4.65. The highest BCUT2D eigenvalue weighted by Gasteiger charge is 2.35. The van der Waals surface area contributed by atoms with Crippen LogP contribution >= 0.6 is 11.6 Å². The van der Waals surface area contributed by atoms with Gasteiger partial charge in [0, 0.05) is 29.2 Å². The monoisotopic (exact) mass is 369 g/mol. The number of hydrogen-bond acceptors (Lipinski definition) is 5. The Balaban J connectivity index is 1.52. The summed E-state index contributed by atoms with van der Waals surface area (Å²) >= 11 is 5.91. The molecule has 6 nitrogen and oxygen atoms in total. The van der Waals surface area contributed by atoms with Crippen LogP contribution in [-0.2, 0) is 4.79 Å². The van der Waals surface area contributed by atoms with Crippen LogP contribution in [0.25, 0.3) is 11.4 Å². The molecule has 0 aliphatic carbocycles. The maximum Gasteiger partial charge on any atom is 0.232 e. The minimum absolute atomic E-state index is 0.0292. The molecular formula is C19H16ClN3O3. The Morgan fingerprint density at radius 3 is 2.58 bits per heavy atom. The van der Waals surface area contributed by atoms with E-state index in [1.807, 2.05) is 36.4 Å². The lowest BCUT2D eigenvalue weighted by molar-refractivity contribution is -0.117. The molecule has 2 heterocycles. The van der Waals surface area contributed by atoms with Crippen molar-refractivity contribution in [2.24, 2.45) is 0 Å². The van der Waals surface area contributed by atoms with E-state index in [1.54, 1.807) is 24.1 Å². The fourth-order valence-corrected chi connectivity index (χ4v) is 3.13. The molecule has 0 unspecified atom stereocenters. The first-order valence-corrected chi connectivity index (χ1v) is 8.56. The zero-order valence-corrected chi connectivity index (χ0v) is 14.8. The van der Waals surface area contributed by atoms with Crippen molar-refractivity contribution in [2.75, 3.05) is 18.6 Å². The van der Waals surface area contributed by atoms with Crippen LogP contribution in [0.4, 0.5) is 5.69 Å². The minimum Gasteiger partial charge on any atom is -0.497 e. The number of nitrogens with zero attached hydrogens (tertiary/aromatic N) is 3. The van der Waals surface area contributed by atoms with Gasteiger partial charge in [0.2, 0.25) is 17.6 Å². The fraction of sp³-hybridized carbons (Fsp3) is 0.211. The van der Waals surface area contributed by atoms with Gasteiger partial charge in [0.25, 0.3) is 0 Å². The normalized spacial score (nSPS) is 16.9. The summed E-state index contributed by atoms with van der Waals surface area (Å²) in [5, 5.41) is 4.68. The quantitative estimate of drug-likeness (QED) is 0.697. The molecule has 0 N–H and O–H groups in total. The number of amides is 1. The Kier molecular flexibility index (Phi) is 4.34. The zero-order valence-electron chi connectivity index (χ0n) is 14.1. The Labute approximate surface area is 155 Å². The van der Waals surface area contributed by atoms with Gasteiger partial charge in [-0.1, -0.05) is 16.8 Å². The lowest BCUT2D eigenvalue weighted by atomic mass is 10.1. The number of anilines is 1. The first-order chi connectivity index (χ1) is 12.6. The Morgan fingerprint density at radius 2 is 1.88 bits per heavy atom. The third kappa shape index (κ3) is 3.15. The van der Waals surface area contributed by atoms with Crippen molar-refractivity contribution in [3.63, 3.8) is 0 Å². The average molecular weight is 370 g/mol. The van der Waals surface area contributed by atoms with Crippen LogP contribution < -0.4 is 9.64 Å². The number of hydrogen-bond donors (Lipinski definition) is 0. The van der Waals surface area contributed by atoms with E-state index in [0.29, 0.717) is 29.7 Å². The summed E-state index contributed by atoms with van der Waals surface area (Å²) in [6.45, 7) is 0.505. The average Bonchev–Trinajstić information content (AvgIpc) is 3.29. The van der Waals surface area contributed by atoms with Crippen molar-refractivity contribution in [2.45, 2.75) is 12.3 Å². The fourth-order valence-electron chi connectivity index (χ4n) is 3.00. The summed E-state index contributed by atoms with van der Waals surface area (Å²) < 4.78 is 10.6. The molecule has 3 aromatic rings. The minimum atomic E-state index is -0.127. The van der Waals surface area contributed by atoms with Crippen molar-refractivity contribution in [1.29, 1.82) is 0 Å². The Bertz CT molecular complexity index is 922. The van der Waals surface area contributed by atoms with Gasteiger partial charge >= 0.3 is 0 Å². The largest absolute Gasteiger partial charge is 0.497 e. The molecule has 1 aliphatic heterocycles. The van der Waals surface area contributed by atoms with Gasteiger partial charge in [0.1, 0.15) is 5.75 Å². The molecule has 1 aromatic heterocycles. The highest BCUT2D eigenvalue weighted by Crippen LogP contribution is 2.32. The van der Waals surface area contributed by atoms with E-state index in [2.05, 4.69) is 10.1 Å². The summed E-state index contributed by atoms with van der Waals surface area (Å²) in [6, 6.07) is 14.6. The summed E-state index contributed by atoms with van der Waals surface area (Å²) in [6.07, 6.45) is 0.340. The Hall–Kier alpha value is -2.86. The summed E-state index contributed by atoms with van der Waals surface area (Å²) in [5.74, 6) is 1.64. The first kappa shape index (κ1) is 16.6. The van der Waals surface area contributed by atoms with E-state index in [1.165, 1.54) is 0 Å². The number of methoxy groups -OCH3 is 1. The summed E-state index contributed by atoms with van der Waals surface area (Å²) in [5.41, 5.74) is 1.65. The predicted molar refractivity (Wildman–Crippen MR) is 97.4 cm³/mol. The van der Waals surface area contributed by atoms with Crippen LogP contribution in [0.3, 0.4) is 0 Å². The smallest absolute Gasteiger partial charge is 0.232 e. The first-order valence-electron chi connectivity index (χ1n) is 8.18. The van der Waals surface area contributed by atoms with Crippen LogP contribution in [0.2, 0.25) is 5.02 Å². The molecule has 0 spiro atoms. The van der Waals surface area contributed by atoms with E-state index in [-0.39, 0.29) is 11.8 Å². The molecule has 1 saturated heterocycles. The number of ether oxygens (including phenoxy) is 1. The summed E-state index contributed by atoms with van der Waals surface area (Å²) in [7, 11) is 1.62. The molecule has 1 amide bonds. The third-order valence-electron chi connectivity index (χ3n) is 4.40. The van der Waals surface area contributed by atoms with Crippen LogP contribution in [0, 0.1) is 0 Å². The molecule has 4 rings (SSSR count).